The third-order valence-corrected chi connectivity index (χ3v) is 3.40. The van der Waals surface area contributed by atoms with Gasteiger partial charge in [-0.1, -0.05) is 51.1 Å². The second kappa shape index (κ2) is 8.74. The van der Waals surface area contributed by atoms with Gasteiger partial charge in [0, 0.05) is 6.54 Å². The second-order valence-corrected chi connectivity index (χ2v) is 8.01. The quantitative estimate of drug-likeness (QED) is 0.845. The van der Waals surface area contributed by atoms with Crippen LogP contribution in [0.25, 0.3) is 0 Å². The smallest absolute Gasteiger partial charge is 0.407 e. The van der Waals surface area contributed by atoms with E-state index >= 15 is 0 Å². The molecule has 0 fully saturated rings. The molecule has 6 nitrogen and oxygen atoms in total. The van der Waals surface area contributed by atoms with E-state index in [1.165, 1.54) is 0 Å². The molecule has 0 aliphatic carbocycles. The summed E-state index contributed by atoms with van der Waals surface area (Å²) < 4.78 is 10.5. The lowest BCUT2D eigenvalue weighted by Gasteiger charge is -2.31. The highest BCUT2D eigenvalue weighted by atomic mass is 16.6. The highest BCUT2D eigenvalue weighted by Crippen LogP contribution is 2.19. The minimum Gasteiger partial charge on any atom is -0.445 e. The molecule has 2 N–H and O–H groups in total. The van der Waals surface area contributed by atoms with Gasteiger partial charge in [0.05, 0.1) is 6.04 Å². The average Bonchev–Trinajstić information content (AvgIpc) is 2.47. The fourth-order valence-electron chi connectivity index (χ4n) is 1.98. The van der Waals surface area contributed by atoms with Crippen molar-refractivity contribution >= 4 is 12.2 Å². The van der Waals surface area contributed by atoms with Crippen LogP contribution in [-0.2, 0) is 16.1 Å². The first kappa shape index (κ1) is 20.8. The Morgan fingerprint density at radius 3 is 2.12 bits per heavy atom. The van der Waals surface area contributed by atoms with Crippen LogP contribution >= 0.6 is 0 Å². The Morgan fingerprint density at radius 1 is 1.00 bits per heavy atom. The molecule has 0 radical (unpaired) electrons. The number of carbonyl (C=O) groups excluding carboxylic acids is 2. The van der Waals surface area contributed by atoms with Crippen molar-refractivity contribution in [3.63, 3.8) is 0 Å². The maximum atomic E-state index is 12.1. The van der Waals surface area contributed by atoms with Crippen molar-refractivity contribution in [2.75, 3.05) is 6.54 Å². The van der Waals surface area contributed by atoms with Crippen molar-refractivity contribution in [3.05, 3.63) is 35.9 Å². The number of carbonyl (C=O) groups is 2. The molecule has 2 amide bonds. The number of nitrogens with one attached hydrogen (secondary N) is 2. The molecule has 0 unspecified atom stereocenters. The van der Waals surface area contributed by atoms with Crippen LogP contribution in [0, 0.1) is 5.41 Å². The Balaban J connectivity index is 2.52. The number of hydrogen-bond acceptors (Lipinski definition) is 4. The molecule has 1 rings (SSSR count). The topological polar surface area (TPSA) is 76.7 Å². The average molecular weight is 350 g/mol. The van der Waals surface area contributed by atoms with Crippen LogP contribution in [0.2, 0.25) is 0 Å². The van der Waals surface area contributed by atoms with Gasteiger partial charge in [-0.05, 0) is 31.7 Å². The standard InChI is InChI=1S/C19H30N2O4/c1-18(2,3)15(12-20-16(22)25-19(4,5)6)21-17(23)24-13-14-10-8-7-9-11-14/h7-11,15H,12-13H2,1-6H3,(H,20,22)(H,21,23)/t15-/m0/s1. The Kier molecular flexibility index (Phi) is 7.27. The number of benzene rings is 1. The molecule has 1 aromatic rings. The third-order valence-electron chi connectivity index (χ3n) is 3.40. The van der Waals surface area contributed by atoms with Crippen LogP contribution < -0.4 is 10.6 Å². The van der Waals surface area contributed by atoms with E-state index in [0.29, 0.717) is 0 Å². The van der Waals surface area contributed by atoms with Gasteiger partial charge in [-0.15, -0.1) is 0 Å². The molecule has 0 heterocycles. The summed E-state index contributed by atoms with van der Waals surface area (Å²) in [6.45, 7) is 11.8. The van der Waals surface area contributed by atoms with Gasteiger partial charge in [0.2, 0.25) is 0 Å². The van der Waals surface area contributed by atoms with Gasteiger partial charge in [0.1, 0.15) is 12.2 Å². The van der Waals surface area contributed by atoms with Crippen LogP contribution in [0.4, 0.5) is 9.59 Å². The zero-order chi connectivity index (χ0) is 19.1. The first-order valence-electron chi connectivity index (χ1n) is 8.41. The normalized spacial score (nSPS) is 12.9. The molecule has 6 heteroatoms. The molecule has 0 bridgehead atoms. The zero-order valence-corrected chi connectivity index (χ0v) is 16.0. The van der Waals surface area contributed by atoms with Crippen LogP contribution in [0.1, 0.15) is 47.1 Å². The molecular weight excluding hydrogens is 320 g/mol. The number of rotatable bonds is 5. The maximum Gasteiger partial charge on any atom is 0.407 e. The number of ether oxygens (including phenoxy) is 2. The van der Waals surface area contributed by atoms with Crippen molar-refractivity contribution in [3.8, 4) is 0 Å². The molecule has 0 saturated heterocycles. The van der Waals surface area contributed by atoms with Crippen LogP contribution in [0.5, 0.6) is 0 Å². The molecule has 140 valence electrons. The van der Waals surface area contributed by atoms with Crippen molar-refractivity contribution in [2.24, 2.45) is 5.41 Å². The third kappa shape index (κ3) is 8.98. The van der Waals surface area contributed by atoms with E-state index in [1.54, 1.807) is 20.8 Å². The first-order valence-corrected chi connectivity index (χ1v) is 8.41. The van der Waals surface area contributed by atoms with E-state index in [-0.39, 0.29) is 24.6 Å². The van der Waals surface area contributed by atoms with Gasteiger partial charge >= 0.3 is 12.2 Å². The number of alkyl carbamates (subject to hydrolysis) is 2. The second-order valence-electron chi connectivity index (χ2n) is 8.01. The van der Waals surface area contributed by atoms with Crippen molar-refractivity contribution in [1.29, 1.82) is 0 Å². The van der Waals surface area contributed by atoms with Gasteiger partial charge in [0.25, 0.3) is 0 Å². The predicted octanol–water partition coefficient (Wildman–Crippen LogP) is 3.85. The highest BCUT2D eigenvalue weighted by molar-refractivity contribution is 5.69. The van der Waals surface area contributed by atoms with E-state index < -0.39 is 17.8 Å². The largest absolute Gasteiger partial charge is 0.445 e. The number of hydrogen-bond donors (Lipinski definition) is 2. The van der Waals surface area contributed by atoms with Gasteiger partial charge in [-0.25, -0.2) is 9.59 Å². The summed E-state index contributed by atoms with van der Waals surface area (Å²) >= 11 is 0. The Labute approximate surface area is 150 Å². The van der Waals surface area contributed by atoms with Gasteiger partial charge in [0.15, 0.2) is 0 Å². The van der Waals surface area contributed by atoms with Crippen molar-refractivity contribution < 1.29 is 19.1 Å². The molecule has 1 atom stereocenters. The lowest BCUT2D eigenvalue weighted by molar-refractivity contribution is 0.0509. The van der Waals surface area contributed by atoms with Crippen LogP contribution in [0.15, 0.2) is 30.3 Å². The molecule has 1 aromatic carbocycles. The lowest BCUT2D eigenvalue weighted by Crippen LogP contribution is -2.51. The van der Waals surface area contributed by atoms with Crippen molar-refractivity contribution in [2.45, 2.75) is 59.8 Å². The summed E-state index contributed by atoms with van der Waals surface area (Å²) in [5, 5.41) is 5.51. The maximum absolute atomic E-state index is 12.1. The molecule has 0 aliphatic rings. The van der Waals surface area contributed by atoms with E-state index in [9.17, 15) is 9.59 Å². The summed E-state index contributed by atoms with van der Waals surface area (Å²) in [7, 11) is 0. The van der Waals surface area contributed by atoms with E-state index in [1.807, 2.05) is 51.1 Å². The Bertz CT molecular complexity index is 559. The fraction of sp³-hybridized carbons (Fsp3) is 0.579. The summed E-state index contributed by atoms with van der Waals surface area (Å²) in [6, 6.07) is 9.15. The minimum absolute atomic E-state index is 0.197. The van der Waals surface area contributed by atoms with Gasteiger partial charge < -0.3 is 20.1 Å². The molecule has 0 saturated carbocycles. The monoisotopic (exact) mass is 350 g/mol. The van der Waals surface area contributed by atoms with Crippen LogP contribution in [0.3, 0.4) is 0 Å². The molecular formula is C19H30N2O4. The summed E-state index contributed by atoms with van der Waals surface area (Å²) in [6.07, 6.45) is -1.03. The summed E-state index contributed by atoms with van der Waals surface area (Å²) in [4.78, 5) is 23.9. The zero-order valence-electron chi connectivity index (χ0n) is 16.0. The van der Waals surface area contributed by atoms with E-state index in [0.717, 1.165) is 5.56 Å². The van der Waals surface area contributed by atoms with E-state index in [4.69, 9.17) is 9.47 Å². The molecule has 0 aromatic heterocycles. The predicted molar refractivity (Wildman–Crippen MR) is 97.2 cm³/mol. The van der Waals surface area contributed by atoms with Crippen molar-refractivity contribution in [1.82, 2.24) is 10.6 Å². The van der Waals surface area contributed by atoms with Gasteiger partial charge in [-0.3, -0.25) is 0 Å². The Morgan fingerprint density at radius 2 is 1.60 bits per heavy atom. The fourth-order valence-corrected chi connectivity index (χ4v) is 1.98. The minimum atomic E-state index is -0.566. The summed E-state index contributed by atoms with van der Waals surface area (Å²) in [5.41, 5.74) is 0.0845. The SMILES string of the molecule is CC(C)(C)OC(=O)NC[C@H](NC(=O)OCc1ccccc1)C(C)(C)C. The molecule has 0 aliphatic heterocycles. The lowest BCUT2D eigenvalue weighted by atomic mass is 9.87. The number of amides is 2. The molecule has 0 spiro atoms. The molecule has 25 heavy (non-hydrogen) atoms. The summed E-state index contributed by atoms with van der Waals surface area (Å²) in [5.74, 6) is 0. The Hall–Kier alpha value is -2.24. The van der Waals surface area contributed by atoms with Gasteiger partial charge in [-0.2, -0.15) is 0 Å². The van der Waals surface area contributed by atoms with Crippen LogP contribution in [-0.4, -0.2) is 30.4 Å². The highest BCUT2D eigenvalue weighted by Gasteiger charge is 2.28. The van der Waals surface area contributed by atoms with E-state index in [2.05, 4.69) is 10.6 Å². The first-order chi connectivity index (χ1) is 11.5.